The summed E-state index contributed by atoms with van der Waals surface area (Å²) in [6.07, 6.45) is 7.39. The maximum atomic E-state index is 12.8. The Morgan fingerprint density at radius 2 is 1.93 bits per heavy atom. The minimum atomic E-state index is -0.376. The number of nitrogens with one attached hydrogen (secondary N) is 2. The van der Waals surface area contributed by atoms with Crippen LogP contribution < -0.4 is 15.4 Å². The van der Waals surface area contributed by atoms with Gasteiger partial charge in [0, 0.05) is 18.2 Å². The summed E-state index contributed by atoms with van der Waals surface area (Å²) in [6.45, 7) is 4.85. The lowest BCUT2D eigenvalue weighted by Gasteiger charge is -2.16. The molecule has 0 saturated heterocycles. The second kappa shape index (κ2) is 11.7. The van der Waals surface area contributed by atoms with E-state index >= 15 is 0 Å². The SMILES string of the molecule is CCCC[C@H](CC)CNC(=O)/C(=C/c1ccco1)NC(=O)c1ccc(OC)cc1. The molecule has 2 amide bonds. The summed E-state index contributed by atoms with van der Waals surface area (Å²) in [5.74, 6) is 0.851. The van der Waals surface area contributed by atoms with Crippen LogP contribution in [0.4, 0.5) is 0 Å². The highest BCUT2D eigenvalue weighted by molar-refractivity contribution is 6.05. The van der Waals surface area contributed by atoms with E-state index in [1.54, 1.807) is 43.5 Å². The van der Waals surface area contributed by atoms with E-state index in [9.17, 15) is 9.59 Å². The highest BCUT2D eigenvalue weighted by Crippen LogP contribution is 2.14. The van der Waals surface area contributed by atoms with Crippen LogP contribution in [0.25, 0.3) is 6.08 Å². The Morgan fingerprint density at radius 3 is 2.52 bits per heavy atom. The van der Waals surface area contributed by atoms with Crippen LogP contribution in [0.2, 0.25) is 0 Å². The molecule has 1 heterocycles. The van der Waals surface area contributed by atoms with Gasteiger partial charge in [-0.15, -0.1) is 0 Å². The number of furan rings is 1. The van der Waals surface area contributed by atoms with Gasteiger partial charge in [0.25, 0.3) is 11.8 Å². The highest BCUT2D eigenvalue weighted by Gasteiger charge is 2.17. The fourth-order valence-corrected chi connectivity index (χ4v) is 2.89. The zero-order chi connectivity index (χ0) is 21.1. The number of hydrogen-bond donors (Lipinski definition) is 2. The van der Waals surface area contributed by atoms with E-state index in [2.05, 4.69) is 24.5 Å². The van der Waals surface area contributed by atoms with Crippen LogP contribution in [0.3, 0.4) is 0 Å². The number of ether oxygens (including phenoxy) is 1. The molecule has 6 nitrogen and oxygen atoms in total. The summed E-state index contributed by atoms with van der Waals surface area (Å²) in [6, 6.07) is 10.1. The molecule has 1 aromatic carbocycles. The molecule has 2 aromatic rings. The van der Waals surface area contributed by atoms with Crippen molar-refractivity contribution < 1.29 is 18.7 Å². The molecule has 29 heavy (non-hydrogen) atoms. The maximum absolute atomic E-state index is 12.8. The normalized spacial score (nSPS) is 12.3. The Kier molecular flexibility index (Phi) is 9.02. The number of benzene rings is 1. The van der Waals surface area contributed by atoms with Crippen LogP contribution >= 0.6 is 0 Å². The number of unbranched alkanes of at least 4 members (excludes halogenated alkanes) is 1. The predicted octanol–water partition coefficient (Wildman–Crippen LogP) is 4.39. The van der Waals surface area contributed by atoms with Crippen LogP contribution in [-0.4, -0.2) is 25.5 Å². The number of carbonyl (C=O) groups excluding carboxylic acids is 2. The van der Waals surface area contributed by atoms with Crippen molar-refractivity contribution in [2.75, 3.05) is 13.7 Å². The molecule has 2 rings (SSSR count). The van der Waals surface area contributed by atoms with Crippen LogP contribution in [0.5, 0.6) is 5.75 Å². The van der Waals surface area contributed by atoms with Gasteiger partial charge in [-0.3, -0.25) is 9.59 Å². The van der Waals surface area contributed by atoms with Gasteiger partial charge >= 0.3 is 0 Å². The molecule has 0 spiro atoms. The summed E-state index contributed by atoms with van der Waals surface area (Å²) < 4.78 is 10.4. The number of hydrogen-bond acceptors (Lipinski definition) is 4. The molecule has 6 heteroatoms. The molecule has 0 aliphatic carbocycles. The molecule has 0 saturated carbocycles. The first-order chi connectivity index (χ1) is 14.1. The molecule has 0 unspecified atom stereocenters. The van der Waals surface area contributed by atoms with Gasteiger partial charge in [-0.05, 0) is 48.7 Å². The smallest absolute Gasteiger partial charge is 0.267 e. The van der Waals surface area contributed by atoms with Gasteiger partial charge in [0.1, 0.15) is 17.2 Å². The summed E-state index contributed by atoms with van der Waals surface area (Å²) in [4.78, 5) is 25.4. The maximum Gasteiger partial charge on any atom is 0.267 e. The topological polar surface area (TPSA) is 80.6 Å². The molecule has 0 radical (unpaired) electrons. The molecule has 1 atom stereocenters. The first-order valence-electron chi connectivity index (χ1n) is 10.1. The van der Waals surface area contributed by atoms with Crippen molar-refractivity contribution in [2.24, 2.45) is 5.92 Å². The van der Waals surface area contributed by atoms with E-state index in [4.69, 9.17) is 9.15 Å². The molecular weight excluding hydrogens is 368 g/mol. The lowest BCUT2D eigenvalue weighted by atomic mass is 9.99. The first-order valence-corrected chi connectivity index (χ1v) is 10.1. The summed E-state index contributed by atoms with van der Waals surface area (Å²) in [5, 5.41) is 5.65. The van der Waals surface area contributed by atoms with E-state index in [-0.39, 0.29) is 17.5 Å². The monoisotopic (exact) mass is 398 g/mol. The van der Waals surface area contributed by atoms with E-state index in [0.717, 1.165) is 25.7 Å². The summed E-state index contributed by atoms with van der Waals surface area (Å²) in [7, 11) is 1.56. The van der Waals surface area contributed by atoms with Crippen molar-refractivity contribution >= 4 is 17.9 Å². The Balaban J connectivity index is 2.10. The van der Waals surface area contributed by atoms with E-state index in [1.807, 2.05) is 0 Å². The van der Waals surface area contributed by atoms with Gasteiger partial charge < -0.3 is 19.8 Å². The molecule has 2 N–H and O–H groups in total. The van der Waals surface area contributed by atoms with Crippen molar-refractivity contribution in [2.45, 2.75) is 39.5 Å². The predicted molar refractivity (Wildman–Crippen MR) is 113 cm³/mol. The third kappa shape index (κ3) is 7.14. The van der Waals surface area contributed by atoms with Gasteiger partial charge in [-0.2, -0.15) is 0 Å². The molecule has 1 aromatic heterocycles. The third-order valence-corrected chi connectivity index (χ3v) is 4.77. The van der Waals surface area contributed by atoms with Gasteiger partial charge in [-0.1, -0.05) is 33.1 Å². The van der Waals surface area contributed by atoms with Crippen LogP contribution in [0.15, 0.2) is 52.8 Å². The lowest BCUT2D eigenvalue weighted by Crippen LogP contribution is -2.37. The van der Waals surface area contributed by atoms with Gasteiger partial charge in [-0.25, -0.2) is 0 Å². The van der Waals surface area contributed by atoms with Crippen LogP contribution in [-0.2, 0) is 4.79 Å². The minimum absolute atomic E-state index is 0.145. The lowest BCUT2D eigenvalue weighted by molar-refractivity contribution is -0.117. The zero-order valence-corrected chi connectivity index (χ0v) is 17.4. The van der Waals surface area contributed by atoms with Crippen molar-refractivity contribution in [3.8, 4) is 5.75 Å². The summed E-state index contributed by atoms with van der Waals surface area (Å²) >= 11 is 0. The van der Waals surface area contributed by atoms with Crippen LogP contribution in [0.1, 0.15) is 55.6 Å². The molecule has 0 fully saturated rings. The first kappa shape index (κ1) is 22.3. The van der Waals surface area contributed by atoms with Gasteiger partial charge in [0.2, 0.25) is 0 Å². The highest BCUT2D eigenvalue weighted by atomic mass is 16.5. The quantitative estimate of drug-likeness (QED) is 0.550. The Bertz CT molecular complexity index is 795. The fourth-order valence-electron chi connectivity index (χ4n) is 2.89. The molecule has 156 valence electrons. The average Bonchev–Trinajstić information content (AvgIpc) is 3.26. The van der Waals surface area contributed by atoms with Crippen LogP contribution in [0, 0.1) is 5.92 Å². The standard InChI is InChI=1S/C23H30N2O4/c1-4-6-8-17(5-2)16-24-23(27)21(15-20-9-7-14-29-20)25-22(26)18-10-12-19(28-3)13-11-18/h7,9-15,17H,4-6,8,16H2,1-3H3,(H,24,27)(H,25,26)/b21-15-/t17-/m0/s1. The van der Waals surface area contributed by atoms with Crippen molar-refractivity contribution in [1.29, 1.82) is 0 Å². The zero-order valence-electron chi connectivity index (χ0n) is 17.4. The molecular formula is C23H30N2O4. The third-order valence-electron chi connectivity index (χ3n) is 4.77. The average molecular weight is 399 g/mol. The van der Waals surface area contributed by atoms with Crippen molar-refractivity contribution in [1.82, 2.24) is 10.6 Å². The molecule has 0 aliphatic rings. The van der Waals surface area contributed by atoms with Gasteiger partial charge in [0.05, 0.1) is 13.4 Å². The second-order valence-corrected chi connectivity index (χ2v) is 6.88. The van der Waals surface area contributed by atoms with E-state index in [0.29, 0.717) is 29.5 Å². The molecule has 0 aliphatic heterocycles. The van der Waals surface area contributed by atoms with Gasteiger partial charge in [0.15, 0.2) is 0 Å². The second-order valence-electron chi connectivity index (χ2n) is 6.88. The summed E-state index contributed by atoms with van der Waals surface area (Å²) in [5.41, 5.74) is 0.574. The van der Waals surface area contributed by atoms with Crippen molar-refractivity contribution in [3.63, 3.8) is 0 Å². The Morgan fingerprint density at radius 1 is 1.17 bits per heavy atom. The fraction of sp³-hybridized carbons (Fsp3) is 0.391. The Hall–Kier alpha value is -3.02. The minimum Gasteiger partial charge on any atom is -0.497 e. The largest absolute Gasteiger partial charge is 0.497 e. The number of amides is 2. The van der Waals surface area contributed by atoms with E-state index in [1.165, 1.54) is 12.3 Å². The number of rotatable bonds is 11. The number of methoxy groups -OCH3 is 1. The van der Waals surface area contributed by atoms with E-state index < -0.39 is 0 Å². The Labute approximate surface area is 172 Å². The number of carbonyl (C=O) groups is 2. The molecule has 0 bridgehead atoms. The van der Waals surface area contributed by atoms with Crippen molar-refractivity contribution in [3.05, 3.63) is 59.7 Å².